The summed E-state index contributed by atoms with van der Waals surface area (Å²) in [6.45, 7) is 4.67. The number of nitrogens with zero attached hydrogens (tertiary/aromatic N) is 3. The minimum atomic E-state index is -0.369. The monoisotopic (exact) mass is 384 g/mol. The van der Waals surface area contributed by atoms with Crippen molar-refractivity contribution >= 4 is 11.6 Å². The molecule has 0 fully saturated rings. The summed E-state index contributed by atoms with van der Waals surface area (Å²) >= 11 is 0. The molecule has 0 unspecified atom stereocenters. The van der Waals surface area contributed by atoms with Crippen molar-refractivity contribution in [2.75, 3.05) is 25.1 Å². The average molecular weight is 384 g/mol. The van der Waals surface area contributed by atoms with Crippen LogP contribution in [0.5, 0.6) is 6.01 Å². The van der Waals surface area contributed by atoms with Gasteiger partial charge in [-0.2, -0.15) is 4.98 Å². The molecule has 146 valence electrons. The van der Waals surface area contributed by atoms with Gasteiger partial charge in [-0.15, -0.1) is 5.10 Å². The Morgan fingerprint density at radius 1 is 1.18 bits per heavy atom. The molecule has 2 aromatic carbocycles. The van der Waals surface area contributed by atoms with Crippen LogP contribution in [0.1, 0.15) is 13.8 Å². The van der Waals surface area contributed by atoms with Crippen LogP contribution >= 0.6 is 0 Å². The number of hydrogen-bond donors (Lipinski definition) is 1. The molecular weight excluding hydrogens is 363 g/mol. The van der Waals surface area contributed by atoms with Crippen molar-refractivity contribution in [2.45, 2.75) is 13.8 Å². The van der Waals surface area contributed by atoms with Crippen LogP contribution in [-0.4, -0.2) is 40.5 Å². The third kappa shape index (κ3) is 4.92. The van der Waals surface area contributed by atoms with E-state index >= 15 is 0 Å². The highest BCUT2D eigenvalue weighted by atomic mass is 19.1. The van der Waals surface area contributed by atoms with Gasteiger partial charge in [0.05, 0.1) is 12.3 Å². The summed E-state index contributed by atoms with van der Waals surface area (Å²) in [6.07, 6.45) is 0. The number of hydrogen-bond acceptors (Lipinski definition) is 5. The Hall–Kier alpha value is -3.26. The van der Waals surface area contributed by atoms with Crippen molar-refractivity contribution in [3.63, 3.8) is 0 Å². The number of nitrogens with one attached hydrogen (secondary N) is 1. The molecule has 0 atom stereocenters. The predicted molar refractivity (Wildman–Crippen MR) is 103 cm³/mol. The summed E-state index contributed by atoms with van der Waals surface area (Å²) in [5, 5.41) is 7.10. The van der Waals surface area contributed by atoms with Gasteiger partial charge in [0.15, 0.2) is 5.82 Å². The Morgan fingerprint density at radius 2 is 1.96 bits per heavy atom. The molecule has 0 aliphatic carbocycles. The molecule has 1 heterocycles. The number of aromatic nitrogens is 3. The summed E-state index contributed by atoms with van der Waals surface area (Å²) in [5.41, 5.74) is 1.93. The van der Waals surface area contributed by atoms with Gasteiger partial charge in [0, 0.05) is 24.8 Å². The SMILES string of the molecule is CCOCCOc1nc(-c2cccc(F)c2)n(-c2ccc(NC(C)=O)cc2)n1. The highest BCUT2D eigenvalue weighted by Gasteiger charge is 2.15. The molecule has 3 rings (SSSR count). The topological polar surface area (TPSA) is 78.3 Å². The number of carbonyl (C=O) groups is 1. The first-order valence-corrected chi connectivity index (χ1v) is 8.88. The summed E-state index contributed by atoms with van der Waals surface area (Å²) < 4.78 is 26.1. The third-order valence-electron chi connectivity index (χ3n) is 3.77. The summed E-state index contributed by atoms with van der Waals surface area (Å²) in [4.78, 5) is 15.6. The quantitative estimate of drug-likeness (QED) is 0.602. The second-order valence-electron chi connectivity index (χ2n) is 5.91. The first-order chi connectivity index (χ1) is 13.6. The fraction of sp³-hybridized carbons (Fsp3) is 0.250. The lowest BCUT2D eigenvalue weighted by Gasteiger charge is -2.07. The Bertz CT molecular complexity index is 941. The van der Waals surface area contributed by atoms with Crippen LogP contribution < -0.4 is 10.1 Å². The Balaban J connectivity index is 1.93. The predicted octanol–water partition coefficient (Wildman–Crippen LogP) is 3.45. The van der Waals surface area contributed by atoms with Gasteiger partial charge < -0.3 is 14.8 Å². The second kappa shape index (κ2) is 9.09. The van der Waals surface area contributed by atoms with E-state index in [1.807, 2.05) is 6.92 Å². The molecule has 28 heavy (non-hydrogen) atoms. The molecule has 0 saturated carbocycles. The molecule has 8 heteroatoms. The summed E-state index contributed by atoms with van der Waals surface area (Å²) in [5.74, 6) is -0.0796. The molecule has 1 aromatic heterocycles. The van der Waals surface area contributed by atoms with Gasteiger partial charge in [0.1, 0.15) is 12.4 Å². The van der Waals surface area contributed by atoms with Crippen molar-refractivity contribution in [1.29, 1.82) is 0 Å². The molecule has 1 amide bonds. The van der Waals surface area contributed by atoms with E-state index in [4.69, 9.17) is 9.47 Å². The van der Waals surface area contributed by atoms with E-state index in [0.29, 0.717) is 42.6 Å². The molecule has 0 spiro atoms. The molecule has 0 aliphatic heterocycles. The van der Waals surface area contributed by atoms with E-state index in [1.54, 1.807) is 41.1 Å². The van der Waals surface area contributed by atoms with Crippen LogP contribution in [-0.2, 0) is 9.53 Å². The average Bonchev–Trinajstić information content (AvgIpc) is 3.10. The molecule has 0 aliphatic rings. The van der Waals surface area contributed by atoms with Crippen LogP contribution in [0.4, 0.5) is 10.1 Å². The fourth-order valence-corrected chi connectivity index (χ4v) is 2.57. The van der Waals surface area contributed by atoms with E-state index in [2.05, 4.69) is 15.4 Å². The number of benzene rings is 2. The lowest BCUT2D eigenvalue weighted by atomic mass is 10.2. The maximum Gasteiger partial charge on any atom is 0.336 e. The van der Waals surface area contributed by atoms with Gasteiger partial charge in [-0.05, 0) is 43.3 Å². The zero-order valence-corrected chi connectivity index (χ0v) is 15.7. The Kier molecular flexibility index (Phi) is 6.33. The van der Waals surface area contributed by atoms with E-state index in [9.17, 15) is 9.18 Å². The van der Waals surface area contributed by atoms with Crippen molar-refractivity contribution < 1.29 is 18.7 Å². The maximum atomic E-state index is 13.7. The third-order valence-corrected chi connectivity index (χ3v) is 3.77. The van der Waals surface area contributed by atoms with Crippen LogP contribution in [0.2, 0.25) is 0 Å². The van der Waals surface area contributed by atoms with Gasteiger partial charge in [0.25, 0.3) is 0 Å². The molecule has 1 N–H and O–H groups in total. The number of anilines is 1. The minimum Gasteiger partial charge on any atom is -0.460 e. The van der Waals surface area contributed by atoms with Crippen molar-refractivity contribution in [2.24, 2.45) is 0 Å². The molecule has 0 bridgehead atoms. The number of rotatable bonds is 8. The number of carbonyl (C=O) groups excluding carboxylic acids is 1. The van der Waals surface area contributed by atoms with E-state index in [0.717, 1.165) is 0 Å². The van der Waals surface area contributed by atoms with Gasteiger partial charge in [0.2, 0.25) is 5.91 Å². The van der Waals surface area contributed by atoms with E-state index in [-0.39, 0.29) is 17.7 Å². The molecule has 3 aromatic rings. The molecule has 7 nitrogen and oxygen atoms in total. The van der Waals surface area contributed by atoms with E-state index in [1.165, 1.54) is 19.1 Å². The van der Waals surface area contributed by atoms with Crippen LogP contribution in [0, 0.1) is 5.82 Å². The molecule has 0 radical (unpaired) electrons. The fourth-order valence-electron chi connectivity index (χ4n) is 2.57. The lowest BCUT2D eigenvalue weighted by molar-refractivity contribution is -0.114. The highest BCUT2D eigenvalue weighted by Crippen LogP contribution is 2.25. The Morgan fingerprint density at radius 3 is 2.64 bits per heavy atom. The largest absolute Gasteiger partial charge is 0.460 e. The number of amides is 1. The normalized spacial score (nSPS) is 10.7. The second-order valence-corrected chi connectivity index (χ2v) is 5.91. The van der Waals surface area contributed by atoms with Gasteiger partial charge in [-0.3, -0.25) is 4.79 Å². The standard InChI is InChI=1S/C20H21FN4O3/c1-3-27-11-12-28-20-23-19(15-5-4-6-16(21)13-15)25(24-20)18-9-7-17(8-10-18)22-14(2)26/h4-10,13H,3,11-12H2,1-2H3,(H,22,26). The smallest absolute Gasteiger partial charge is 0.336 e. The van der Waals surface area contributed by atoms with Crippen molar-refractivity contribution in [3.05, 3.63) is 54.3 Å². The first kappa shape index (κ1) is 19.5. The zero-order valence-electron chi connectivity index (χ0n) is 15.7. The van der Waals surface area contributed by atoms with Gasteiger partial charge in [-0.1, -0.05) is 12.1 Å². The summed E-state index contributed by atoms with van der Waals surface area (Å²) in [6, 6.07) is 13.4. The lowest BCUT2D eigenvalue weighted by Crippen LogP contribution is -2.07. The van der Waals surface area contributed by atoms with Crippen LogP contribution in [0.15, 0.2) is 48.5 Å². The van der Waals surface area contributed by atoms with Gasteiger partial charge >= 0.3 is 6.01 Å². The summed E-state index contributed by atoms with van der Waals surface area (Å²) in [7, 11) is 0. The van der Waals surface area contributed by atoms with E-state index < -0.39 is 0 Å². The van der Waals surface area contributed by atoms with Crippen LogP contribution in [0.25, 0.3) is 17.1 Å². The van der Waals surface area contributed by atoms with Crippen molar-refractivity contribution in [1.82, 2.24) is 14.8 Å². The van der Waals surface area contributed by atoms with Crippen LogP contribution in [0.3, 0.4) is 0 Å². The first-order valence-electron chi connectivity index (χ1n) is 8.88. The number of ether oxygens (including phenoxy) is 2. The number of halogens is 1. The maximum absolute atomic E-state index is 13.7. The minimum absolute atomic E-state index is 0.154. The zero-order chi connectivity index (χ0) is 19.9. The van der Waals surface area contributed by atoms with Crippen molar-refractivity contribution in [3.8, 4) is 23.1 Å². The Labute approximate surface area is 162 Å². The molecular formula is C20H21FN4O3. The highest BCUT2D eigenvalue weighted by molar-refractivity contribution is 5.88. The van der Waals surface area contributed by atoms with Gasteiger partial charge in [-0.25, -0.2) is 9.07 Å². The molecule has 0 saturated heterocycles.